The highest BCUT2D eigenvalue weighted by atomic mass is 17.0. The first-order chi connectivity index (χ1) is 10.1. The molecule has 3 nitrogen and oxygen atoms in total. The predicted molar refractivity (Wildman–Crippen MR) is 81.3 cm³/mol. The summed E-state index contributed by atoms with van der Waals surface area (Å²) in [5.41, 5.74) is 2.18. The van der Waals surface area contributed by atoms with E-state index < -0.39 is 5.97 Å². The second kappa shape index (κ2) is 5.91. The zero-order valence-corrected chi connectivity index (χ0v) is 12.9. The van der Waals surface area contributed by atoms with Crippen molar-refractivity contribution >= 4 is 0 Å². The first-order valence-electron chi connectivity index (χ1n) is 7.77. The molecule has 1 aromatic carbocycles. The molecule has 0 bridgehead atoms. The third-order valence-electron chi connectivity index (χ3n) is 4.75. The van der Waals surface area contributed by atoms with Gasteiger partial charge in [0, 0.05) is 5.56 Å². The Labute approximate surface area is 126 Å². The van der Waals surface area contributed by atoms with Gasteiger partial charge in [-0.15, -0.1) is 0 Å². The van der Waals surface area contributed by atoms with E-state index >= 15 is 0 Å². The standard InChI is InChI=1S/C18H24O3/c1-13(2)15-10-9-14(3)17(11-15)21-18(19-12-20-18)16-7-5-4-6-8-16/h4-8,14-15,17H,1,9-12H2,2-3H3. The van der Waals surface area contributed by atoms with Crippen LogP contribution in [-0.2, 0) is 20.2 Å². The van der Waals surface area contributed by atoms with Crippen LogP contribution in [0.5, 0.6) is 0 Å². The van der Waals surface area contributed by atoms with E-state index in [4.69, 9.17) is 14.2 Å². The Kier molecular flexibility index (Phi) is 4.16. The van der Waals surface area contributed by atoms with Gasteiger partial charge in [0.1, 0.15) is 0 Å². The van der Waals surface area contributed by atoms with E-state index in [1.54, 1.807) is 0 Å². The molecule has 21 heavy (non-hydrogen) atoms. The van der Waals surface area contributed by atoms with Crippen LogP contribution in [0.3, 0.4) is 0 Å². The maximum absolute atomic E-state index is 6.31. The Morgan fingerprint density at radius 1 is 1.24 bits per heavy atom. The van der Waals surface area contributed by atoms with Crippen molar-refractivity contribution in [3.63, 3.8) is 0 Å². The second-order valence-corrected chi connectivity index (χ2v) is 6.32. The average molecular weight is 288 g/mol. The molecule has 0 spiro atoms. The van der Waals surface area contributed by atoms with Crippen LogP contribution < -0.4 is 0 Å². The van der Waals surface area contributed by atoms with Gasteiger partial charge in [-0.2, -0.15) is 0 Å². The Bertz CT molecular complexity index is 492. The fraction of sp³-hybridized carbons (Fsp3) is 0.556. The van der Waals surface area contributed by atoms with Crippen molar-refractivity contribution in [2.45, 2.75) is 45.2 Å². The fourth-order valence-corrected chi connectivity index (χ4v) is 3.20. The van der Waals surface area contributed by atoms with Gasteiger partial charge in [-0.25, -0.2) is 0 Å². The van der Waals surface area contributed by atoms with Gasteiger partial charge in [0.05, 0.1) is 6.10 Å². The minimum Gasteiger partial charge on any atom is -0.320 e. The first kappa shape index (κ1) is 14.8. The van der Waals surface area contributed by atoms with Crippen molar-refractivity contribution in [2.75, 3.05) is 6.79 Å². The number of hydrogen-bond acceptors (Lipinski definition) is 3. The molecule has 0 amide bonds. The molecule has 0 aromatic heterocycles. The number of hydrogen-bond donors (Lipinski definition) is 0. The van der Waals surface area contributed by atoms with E-state index in [0.29, 0.717) is 18.6 Å². The topological polar surface area (TPSA) is 27.7 Å². The number of allylic oxidation sites excluding steroid dienone is 1. The van der Waals surface area contributed by atoms with E-state index in [1.807, 2.05) is 30.3 Å². The predicted octanol–water partition coefficient (Wildman–Crippen LogP) is 4.20. The van der Waals surface area contributed by atoms with E-state index in [-0.39, 0.29) is 6.10 Å². The molecule has 1 aromatic rings. The molecule has 1 saturated heterocycles. The van der Waals surface area contributed by atoms with Gasteiger partial charge in [0.2, 0.25) is 0 Å². The summed E-state index contributed by atoms with van der Waals surface area (Å²) in [6.45, 7) is 8.76. The lowest BCUT2D eigenvalue weighted by molar-refractivity contribution is -0.525. The molecule has 3 atom stereocenters. The van der Waals surface area contributed by atoms with Gasteiger partial charge in [-0.05, 0) is 38.0 Å². The Balaban J connectivity index is 1.75. The summed E-state index contributed by atoms with van der Waals surface area (Å²) < 4.78 is 17.7. The summed E-state index contributed by atoms with van der Waals surface area (Å²) in [6, 6.07) is 9.92. The highest BCUT2D eigenvalue weighted by Gasteiger charge is 2.47. The molecular formula is C18H24O3. The minimum absolute atomic E-state index is 0.140. The summed E-state index contributed by atoms with van der Waals surface area (Å²) in [4.78, 5) is 0. The monoisotopic (exact) mass is 288 g/mol. The Morgan fingerprint density at radius 3 is 2.52 bits per heavy atom. The highest BCUT2D eigenvalue weighted by molar-refractivity contribution is 5.19. The maximum Gasteiger partial charge on any atom is 0.316 e. The largest absolute Gasteiger partial charge is 0.320 e. The van der Waals surface area contributed by atoms with Gasteiger partial charge < -0.3 is 4.74 Å². The average Bonchev–Trinajstić information content (AvgIpc) is 2.45. The van der Waals surface area contributed by atoms with Crippen molar-refractivity contribution in [1.82, 2.24) is 0 Å². The molecule has 1 aliphatic carbocycles. The van der Waals surface area contributed by atoms with Crippen molar-refractivity contribution in [3.8, 4) is 0 Å². The minimum atomic E-state index is -1.00. The third kappa shape index (κ3) is 2.91. The van der Waals surface area contributed by atoms with Crippen LogP contribution in [0.25, 0.3) is 0 Å². The zero-order chi connectivity index (χ0) is 14.9. The molecule has 0 radical (unpaired) electrons. The van der Waals surface area contributed by atoms with Crippen LogP contribution in [0.2, 0.25) is 0 Å². The molecule has 3 rings (SSSR count). The van der Waals surface area contributed by atoms with Crippen molar-refractivity contribution in [2.24, 2.45) is 11.8 Å². The van der Waals surface area contributed by atoms with Crippen LogP contribution >= 0.6 is 0 Å². The molecule has 2 fully saturated rings. The van der Waals surface area contributed by atoms with Gasteiger partial charge >= 0.3 is 5.97 Å². The lowest BCUT2D eigenvalue weighted by Crippen LogP contribution is -2.50. The Hall–Kier alpha value is -1.16. The number of ether oxygens (including phenoxy) is 3. The molecular weight excluding hydrogens is 264 g/mol. The molecule has 2 aliphatic rings. The SMILES string of the molecule is C=C(C)C1CCC(C)C(OC2(c3ccccc3)OCO2)C1. The molecule has 1 aliphatic heterocycles. The molecule has 3 unspecified atom stereocenters. The van der Waals surface area contributed by atoms with Gasteiger partial charge in [0.15, 0.2) is 6.79 Å². The second-order valence-electron chi connectivity index (χ2n) is 6.32. The van der Waals surface area contributed by atoms with Crippen molar-refractivity contribution in [3.05, 3.63) is 48.0 Å². The van der Waals surface area contributed by atoms with Crippen LogP contribution in [0.1, 0.15) is 38.7 Å². The lowest BCUT2D eigenvalue weighted by Gasteiger charge is -2.46. The molecule has 1 saturated carbocycles. The molecule has 114 valence electrons. The number of benzene rings is 1. The lowest BCUT2D eigenvalue weighted by atomic mass is 9.78. The smallest absolute Gasteiger partial charge is 0.316 e. The summed E-state index contributed by atoms with van der Waals surface area (Å²) >= 11 is 0. The van der Waals surface area contributed by atoms with Gasteiger partial charge in [-0.3, -0.25) is 9.47 Å². The highest BCUT2D eigenvalue weighted by Crippen LogP contribution is 2.42. The molecule has 1 heterocycles. The summed E-state index contributed by atoms with van der Waals surface area (Å²) in [5.74, 6) is 0.0463. The van der Waals surface area contributed by atoms with Crippen LogP contribution in [-0.4, -0.2) is 12.9 Å². The van der Waals surface area contributed by atoms with Crippen molar-refractivity contribution in [1.29, 1.82) is 0 Å². The summed E-state index contributed by atoms with van der Waals surface area (Å²) in [7, 11) is 0. The molecule has 0 N–H and O–H groups in total. The van der Waals surface area contributed by atoms with Crippen LogP contribution in [0.4, 0.5) is 0 Å². The first-order valence-corrected chi connectivity index (χ1v) is 7.77. The zero-order valence-electron chi connectivity index (χ0n) is 12.9. The van der Waals surface area contributed by atoms with E-state index in [0.717, 1.165) is 18.4 Å². The fourth-order valence-electron chi connectivity index (χ4n) is 3.20. The summed E-state index contributed by atoms with van der Waals surface area (Å²) in [5, 5.41) is 0. The molecule has 3 heteroatoms. The van der Waals surface area contributed by atoms with Gasteiger partial charge in [-0.1, -0.05) is 49.4 Å². The van der Waals surface area contributed by atoms with Gasteiger partial charge in [0.25, 0.3) is 0 Å². The van der Waals surface area contributed by atoms with E-state index in [9.17, 15) is 0 Å². The van der Waals surface area contributed by atoms with E-state index in [1.165, 1.54) is 12.0 Å². The quantitative estimate of drug-likeness (QED) is 0.777. The van der Waals surface area contributed by atoms with E-state index in [2.05, 4.69) is 20.4 Å². The Morgan fingerprint density at radius 2 is 1.95 bits per heavy atom. The maximum atomic E-state index is 6.31. The van der Waals surface area contributed by atoms with Crippen LogP contribution in [0.15, 0.2) is 42.5 Å². The summed E-state index contributed by atoms with van der Waals surface area (Å²) in [6.07, 6.45) is 3.50. The normalized spacial score (nSPS) is 31.4. The number of rotatable bonds is 4. The van der Waals surface area contributed by atoms with Crippen molar-refractivity contribution < 1.29 is 14.2 Å². The van der Waals surface area contributed by atoms with Crippen LogP contribution in [0, 0.1) is 11.8 Å². The third-order valence-corrected chi connectivity index (χ3v) is 4.75.